The summed E-state index contributed by atoms with van der Waals surface area (Å²) in [5.74, 6) is 1.09. The summed E-state index contributed by atoms with van der Waals surface area (Å²) in [4.78, 5) is 41.1. The number of amides is 1. The summed E-state index contributed by atoms with van der Waals surface area (Å²) in [6.07, 6.45) is 9.54. The van der Waals surface area contributed by atoms with Gasteiger partial charge in [-0.15, -0.1) is 0 Å². The molecule has 1 unspecified atom stereocenters. The summed E-state index contributed by atoms with van der Waals surface area (Å²) in [5.41, 5.74) is 9.88. The zero-order valence-corrected chi connectivity index (χ0v) is 20.3. The first kappa shape index (κ1) is 21.9. The van der Waals surface area contributed by atoms with Crippen molar-refractivity contribution < 1.29 is 9.59 Å². The van der Waals surface area contributed by atoms with E-state index in [4.69, 9.17) is 10.7 Å². The summed E-state index contributed by atoms with van der Waals surface area (Å²) in [5, 5.41) is 14.3. The molecule has 0 radical (unpaired) electrons. The molecule has 2 aliphatic carbocycles. The number of pyridine rings is 1. The SMILES string of the molecule is CC(=O)c1c(C2C[C@@H]3C[C@H](C2)N3C(=O)c2ncn[nH]2)nc2c(-c3ccc(NC4CC4)nc3)cnn2c1N. The van der Waals surface area contributed by atoms with E-state index in [0.717, 1.165) is 23.4 Å². The van der Waals surface area contributed by atoms with Crippen LogP contribution in [0.15, 0.2) is 30.9 Å². The number of nitrogen functional groups attached to an aromatic ring is 1. The Balaban J connectivity index is 1.23. The van der Waals surface area contributed by atoms with Crippen LogP contribution in [0.1, 0.15) is 71.6 Å². The number of ketones is 1. The van der Waals surface area contributed by atoms with E-state index in [1.807, 2.05) is 17.0 Å². The molecular weight excluding hydrogens is 472 g/mol. The molecule has 2 bridgehead atoms. The summed E-state index contributed by atoms with van der Waals surface area (Å²) in [7, 11) is 0. The molecule has 0 aromatic carbocycles. The first-order chi connectivity index (χ1) is 18.0. The predicted octanol–water partition coefficient (Wildman–Crippen LogP) is 2.43. The number of carbonyl (C=O) groups excluding carboxylic acids is 2. The zero-order chi connectivity index (χ0) is 25.3. The third kappa shape index (κ3) is 3.54. The van der Waals surface area contributed by atoms with Crippen molar-refractivity contribution in [3.8, 4) is 11.1 Å². The van der Waals surface area contributed by atoms with Gasteiger partial charge in [0.25, 0.3) is 5.91 Å². The highest BCUT2D eigenvalue weighted by Crippen LogP contribution is 2.47. The second-order valence-corrected chi connectivity index (χ2v) is 10.2. The van der Waals surface area contributed by atoms with E-state index >= 15 is 0 Å². The monoisotopic (exact) mass is 498 g/mol. The molecule has 6 heterocycles. The van der Waals surface area contributed by atoms with Crippen molar-refractivity contribution in [2.24, 2.45) is 0 Å². The average molecular weight is 499 g/mol. The molecule has 8 rings (SSSR count). The fourth-order valence-electron chi connectivity index (χ4n) is 5.83. The molecule has 3 atom stereocenters. The number of hydrogen-bond acceptors (Lipinski definition) is 9. The molecule has 2 saturated carbocycles. The number of fused-ring (bicyclic) bond motifs is 3. The number of nitrogens with two attached hydrogens (primary N) is 1. The zero-order valence-electron chi connectivity index (χ0n) is 20.3. The van der Waals surface area contributed by atoms with Crippen LogP contribution in [0, 0.1) is 0 Å². The van der Waals surface area contributed by atoms with Crippen molar-refractivity contribution in [3.05, 3.63) is 47.9 Å². The van der Waals surface area contributed by atoms with Crippen molar-refractivity contribution in [2.75, 3.05) is 11.1 Å². The molecule has 4 aromatic rings. The highest BCUT2D eigenvalue weighted by atomic mass is 16.2. The van der Waals surface area contributed by atoms with Crippen molar-refractivity contribution in [2.45, 2.75) is 63.1 Å². The molecular formula is C25H26N10O2. The number of hydrogen-bond donors (Lipinski definition) is 3. The number of nitrogens with one attached hydrogen (secondary N) is 2. The Morgan fingerprint density at radius 1 is 1.11 bits per heavy atom. The van der Waals surface area contributed by atoms with E-state index in [9.17, 15) is 9.59 Å². The second kappa shape index (κ2) is 8.08. The van der Waals surface area contributed by atoms with Crippen LogP contribution in [-0.4, -0.2) is 69.5 Å². The van der Waals surface area contributed by atoms with E-state index in [1.165, 1.54) is 30.6 Å². The Labute approximate surface area is 211 Å². The van der Waals surface area contributed by atoms with E-state index in [0.29, 0.717) is 35.8 Å². The Bertz CT molecular complexity index is 1510. The maximum Gasteiger partial charge on any atom is 0.291 e. The van der Waals surface area contributed by atoms with Crippen LogP contribution >= 0.6 is 0 Å². The van der Waals surface area contributed by atoms with E-state index in [1.54, 1.807) is 12.4 Å². The highest BCUT2D eigenvalue weighted by Gasteiger charge is 2.49. The standard InChI is InChI=1S/C25H26N10O2/c1-12(36)20-21(14-6-16-8-17(7-14)34(16)25(37)23-28-11-29-33-23)32-24-18(10-30-35(24)22(20)26)13-2-5-19(27-9-13)31-15-3-4-15/h2,5,9-11,14-17H,3-4,6-8,26H2,1H3,(H,27,31)(H,28,29,33)/t14?,16-,17+. The van der Waals surface area contributed by atoms with Crippen LogP contribution in [0.4, 0.5) is 11.6 Å². The van der Waals surface area contributed by atoms with Crippen molar-refractivity contribution in [1.82, 2.24) is 39.7 Å². The van der Waals surface area contributed by atoms with Crippen LogP contribution in [0.5, 0.6) is 0 Å². The van der Waals surface area contributed by atoms with Gasteiger partial charge in [0.15, 0.2) is 11.4 Å². The minimum absolute atomic E-state index is 0.000260. The summed E-state index contributed by atoms with van der Waals surface area (Å²) >= 11 is 0. The molecule has 4 fully saturated rings. The lowest BCUT2D eigenvalue weighted by Gasteiger charge is -2.55. The van der Waals surface area contributed by atoms with Crippen LogP contribution in [0.2, 0.25) is 0 Å². The second-order valence-electron chi connectivity index (χ2n) is 10.2. The number of Topliss-reactive ketones (excluding diaryl/α,β-unsaturated/α-hetero) is 1. The minimum Gasteiger partial charge on any atom is -0.383 e. The number of aromatic nitrogens is 7. The van der Waals surface area contributed by atoms with E-state index in [2.05, 4.69) is 30.6 Å². The fraction of sp³-hybridized carbons (Fsp3) is 0.400. The topological polar surface area (TPSA) is 160 Å². The molecule has 0 spiro atoms. The van der Waals surface area contributed by atoms with Gasteiger partial charge in [-0.2, -0.15) is 14.7 Å². The quantitative estimate of drug-likeness (QED) is 0.339. The molecule has 1 amide bonds. The van der Waals surface area contributed by atoms with Gasteiger partial charge in [-0.3, -0.25) is 14.7 Å². The Morgan fingerprint density at radius 3 is 2.57 bits per heavy atom. The normalized spacial score (nSPS) is 22.6. The molecule has 4 aliphatic rings. The van der Waals surface area contributed by atoms with Gasteiger partial charge < -0.3 is 16.0 Å². The molecule has 4 N–H and O–H groups in total. The first-order valence-corrected chi connectivity index (χ1v) is 12.6. The number of H-pyrrole nitrogens is 1. The van der Waals surface area contributed by atoms with Gasteiger partial charge in [0.05, 0.1) is 17.5 Å². The van der Waals surface area contributed by atoms with Crippen molar-refractivity contribution >= 4 is 29.0 Å². The molecule has 4 aromatic heterocycles. The minimum atomic E-state index is -0.148. The van der Waals surface area contributed by atoms with Crippen LogP contribution in [0.25, 0.3) is 16.8 Å². The van der Waals surface area contributed by atoms with Crippen molar-refractivity contribution in [1.29, 1.82) is 0 Å². The summed E-state index contributed by atoms with van der Waals surface area (Å²) in [6, 6.07) is 4.59. The molecule has 188 valence electrons. The van der Waals surface area contributed by atoms with Gasteiger partial charge in [0.2, 0.25) is 5.82 Å². The van der Waals surface area contributed by atoms with E-state index in [-0.39, 0.29) is 41.3 Å². The number of piperidine rings is 1. The molecule has 2 saturated heterocycles. The largest absolute Gasteiger partial charge is 0.383 e. The Morgan fingerprint density at radius 2 is 1.92 bits per heavy atom. The van der Waals surface area contributed by atoms with Gasteiger partial charge in [-0.25, -0.2) is 15.0 Å². The highest BCUT2D eigenvalue weighted by molar-refractivity contribution is 6.00. The molecule has 12 nitrogen and oxygen atoms in total. The van der Waals surface area contributed by atoms with Gasteiger partial charge in [-0.1, -0.05) is 0 Å². The maximum atomic E-state index is 12.9. The lowest BCUT2D eigenvalue weighted by molar-refractivity contribution is -0.0203. The molecule has 2 aliphatic heterocycles. The number of rotatable bonds is 6. The number of nitrogens with zero attached hydrogens (tertiary/aromatic N) is 7. The predicted molar refractivity (Wildman–Crippen MR) is 134 cm³/mol. The van der Waals surface area contributed by atoms with Crippen LogP contribution < -0.4 is 11.1 Å². The van der Waals surface area contributed by atoms with Gasteiger partial charge in [0.1, 0.15) is 18.0 Å². The first-order valence-electron chi connectivity index (χ1n) is 12.6. The third-order valence-electron chi connectivity index (χ3n) is 7.75. The molecule has 37 heavy (non-hydrogen) atoms. The summed E-state index contributed by atoms with van der Waals surface area (Å²) in [6.45, 7) is 1.51. The average Bonchev–Trinajstić information content (AvgIpc) is 3.35. The third-order valence-corrected chi connectivity index (χ3v) is 7.75. The van der Waals surface area contributed by atoms with Gasteiger partial charge in [-0.05, 0) is 51.2 Å². The number of aromatic amines is 1. The maximum absolute atomic E-state index is 12.9. The number of carbonyl (C=O) groups is 2. The number of anilines is 2. The van der Waals surface area contributed by atoms with Crippen LogP contribution in [-0.2, 0) is 0 Å². The van der Waals surface area contributed by atoms with Crippen molar-refractivity contribution in [3.63, 3.8) is 0 Å². The molecule has 12 heteroatoms. The Hall–Kier alpha value is -4.35. The van der Waals surface area contributed by atoms with Gasteiger partial charge in [0, 0.05) is 41.4 Å². The Kier molecular flexibility index (Phi) is 4.78. The lowest BCUT2D eigenvalue weighted by Crippen LogP contribution is -2.62. The van der Waals surface area contributed by atoms with Gasteiger partial charge >= 0.3 is 0 Å². The lowest BCUT2D eigenvalue weighted by atomic mass is 9.71. The van der Waals surface area contributed by atoms with Crippen LogP contribution in [0.3, 0.4) is 0 Å². The summed E-state index contributed by atoms with van der Waals surface area (Å²) < 4.78 is 1.54. The van der Waals surface area contributed by atoms with E-state index < -0.39 is 0 Å². The smallest absolute Gasteiger partial charge is 0.291 e. The fourth-order valence-corrected chi connectivity index (χ4v) is 5.83.